The van der Waals surface area contributed by atoms with Gasteiger partial charge < -0.3 is 14.6 Å². The summed E-state index contributed by atoms with van der Waals surface area (Å²) in [6, 6.07) is 0. The van der Waals surface area contributed by atoms with Crippen molar-refractivity contribution >= 4 is 23.2 Å². The fraction of sp³-hybridized carbons (Fsp3) is 0.500. The van der Waals surface area contributed by atoms with Crippen LogP contribution in [0.5, 0.6) is 0 Å². The molecule has 0 spiro atoms. The Kier molecular flexibility index (Phi) is 4.39. The minimum Gasteiger partial charge on any atom is -0.469 e. The normalized spacial score (nSPS) is 14.3. The maximum Gasteiger partial charge on any atom is 0.508 e. The SMILES string of the molecule is O=C(O)Cl.O=C1OCCO1. The van der Waals surface area contributed by atoms with Gasteiger partial charge in [-0.15, -0.1) is 0 Å². The molecule has 0 aromatic heterocycles. The molecule has 0 bridgehead atoms. The van der Waals surface area contributed by atoms with Gasteiger partial charge in [0.05, 0.1) is 0 Å². The number of carbonyl (C=O) groups excluding carboxylic acids is 1. The lowest BCUT2D eigenvalue weighted by Crippen LogP contribution is -1.88. The summed E-state index contributed by atoms with van der Waals surface area (Å²) in [5.74, 6) is 0. The van der Waals surface area contributed by atoms with Crippen molar-refractivity contribution in [3.05, 3.63) is 0 Å². The molecule has 0 aliphatic carbocycles. The average Bonchev–Trinajstić information content (AvgIpc) is 2.15. The lowest BCUT2D eigenvalue weighted by atomic mass is 10.8. The molecule has 1 fully saturated rings. The Labute approximate surface area is 61.5 Å². The van der Waals surface area contributed by atoms with Crippen molar-refractivity contribution in [1.29, 1.82) is 0 Å². The minimum atomic E-state index is -1.36. The van der Waals surface area contributed by atoms with Crippen molar-refractivity contribution in [3.63, 3.8) is 0 Å². The van der Waals surface area contributed by atoms with E-state index in [1.807, 2.05) is 0 Å². The average molecular weight is 169 g/mol. The van der Waals surface area contributed by atoms with E-state index in [1.54, 1.807) is 0 Å². The van der Waals surface area contributed by atoms with E-state index in [0.717, 1.165) is 0 Å². The largest absolute Gasteiger partial charge is 0.508 e. The van der Waals surface area contributed by atoms with Gasteiger partial charge in [0.25, 0.3) is 0 Å². The van der Waals surface area contributed by atoms with E-state index in [2.05, 4.69) is 21.1 Å². The standard InChI is InChI=1S/C3H4O3.CHClO2/c4-3-5-1-2-6-3;2-1(3)4/h1-2H2;(H,3,4). The van der Waals surface area contributed by atoms with E-state index in [4.69, 9.17) is 9.90 Å². The first-order chi connectivity index (χ1) is 4.63. The van der Waals surface area contributed by atoms with E-state index in [0.29, 0.717) is 13.2 Å². The van der Waals surface area contributed by atoms with Crippen LogP contribution in [-0.2, 0) is 9.47 Å². The summed E-state index contributed by atoms with van der Waals surface area (Å²) < 4.78 is 8.58. The molecule has 0 aromatic carbocycles. The van der Waals surface area contributed by atoms with Crippen LogP contribution in [0.25, 0.3) is 0 Å². The Hall–Kier alpha value is -0.970. The van der Waals surface area contributed by atoms with Gasteiger partial charge in [-0.1, -0.05) is 0 Å². The van der Waals surface area contributed by atoms with E-state index in [9.17, 15) is 4.79 Å². The first-order valence-electron chi connectivity index (χ1n) is 2.31. The van der Waals surface area contributed by atoms with Crippen molar-refractivity contribution in [2.75, 3.05) is 13.2 Å². The fourth-order valence-electron chi connectivity index (χ4n) is 0.292. The molecule has 5 nitrogen and oxygen atoms in total. The zero-order chi connectivity index (χ0) is 7.98. The van der Waals surface area contributed by atoms with Crippen molar-refractivity contribution in [2.45, 2.75) is 0 Å². The Morgan fingerprint density at radius 1 is 1.50 bits per heavy atom. The molecule has 10 heavy (non-hydrogen) atoms. The molecule has 0 saturated carbocycles. The molecule has 0 radical (unpaired) electrons. The summed E-state index contributed by atoms with van der Waals surface area (Å²) in [5.41, 5.74) is -1.36. The van der Waals surface area contributed by atoms with Gasteiger partial charge in [0.2, 0.25) is 0 Å². The van der Waals surface area contributed by atoms with Crippen LogP contribution >= 0.6 is 11.6 Å². The molecule has 6 heteroatoms. The Morgan fingerprint density at radius 3 is 1.90 bits per heavy atom. The minimum absolute atomic E-state index is 0.416. The second-order valence-electron chi connectivity index (χ2n) is 1.20. The molecule has 1 heterocycles. The van der Waals surface area contributed by atoms with Gasteiger partial charge in [0.1, 0.15) is 13.2 Å². The van der Waals surface area contributed by atoms with Crippen LogP contribution in [0.2, 0.25) is 0 Å². The molecule has 1 aliphatic rings. The van der Waals surface area contributed by atoms with Crippen molar-refractivity contribution in [2.24, 2.45) is 0 Å². The number of hydrogen-bond acceptors (Lipinski definition) is 4. The maximum atomic E-state index is 9.80. The van der Waals surface area contributed by atoms with Crippen LogP contribution in [-0.4, -0.2) is 29.9 Å². The van der Waals surface area contributed by atoms with Crippen molar-refractivity contribution in [3.8, 4) is 0 Å². The lowest BCUT2D eigenvalue weighted by Gasteiger charge is -1.78. The predicted molar refractivity (Wildman–Crippen MR) is 31.2 cm³/mol. The highest BCUT2D eigenvalue weighted by molar-refractivity contribution is 6.60. The highest BCUT2D eigenvalue weighted by Crippen LogP contribution is 1.92. The third-order valence-corrected chi connectivity index (χ3v) is 0.523. The number of carboxylic acid groups (broad SMARTS) is 1. The third kappa shape index (κ3) is 7.03. The van der Waals surface area contributed by atoms with Gasteiger partial charge in [-0.3, -0.25) is 0 Å². The number of hydrogen-bond donors (Lipinski definition) is 1. The summed E-state index contributed by atoms with van der Waals surface area (Å²) in [7, 11) is 0. The second kappa shape index (κ2) is 4.87. The van der Waals surface area contributed by atoms with Crippen LogP contribution < -0.4 is 0 Å². The van der Waals surface area contributed by atoms with Gasteiger partial charge in [0.15, 0.2) is 0 Å². The lowest BCUT2D eigenvalue weighted by molar-refractivity contribution is 0.131. The molecule has 1 N–H and O–H groups in total. The Balaban J connectivity index is 0.000000180. The highest BCUT2D eigenvalue weighted by atomic mass is 35.5. The molecule has 0 atom stereocenters. The Morgan fingerprint density at radius 2 is 1.80 bits per heavy atom. The smallest absolute Gasteiger partial charge is 0.469 e. The van der Waals surface area contributed by atoms with E-state index < -0.39 is 11.6 Å². The molecule has 0 aromatic rings. The van der Waals surface area contributed by atoms with Gasteiger partial charge in [0, 0.05) is 11.6 Å². The van der Waals surface area contributed by atoms with Gasteiger partial charge >= 0.3 is 11.6 Å². The van der Waals surface area contributed by atoms with Crippen molar-refractivity contribution < 1.29 is 24.2 Å². The van der Waals surface area contributed by atoms with Gasteiger partial charge in [-0.25, -0.2) is 9.59 Å². The first-order valence-corrected chi connectivity index (χ1v) is 2.68. The molecular formula is C4H5ClO5. The van der Waals surface area contributed by atoms with Crippen molar-refractivity contribution in [1.82, 2.24) is 0 Å². The van der Waals surface area contributed by atoms with E-state index in [1.165, 1.54) is 0 Å². The van der Waals surface area contributed by atoms with Crippen LogP contribution in [0.3, 0.4) is 0 Å². The summed E-state index contributed by atoms with van der Waals surface area (Å²) >= 11 is 4.19. The molecule has 1 saturated heterocycles. The molecule has 0 unspecified atom stereocenters. The highest BCUT2D eigenvalue weighted by Gasteiger charge is 2.09. The number of rotatable bonds is 0. The summed E-state index contributed by atoms with van der Waals surface area (Å²) in [6.45, 7) is 0.831. The van der Waals surface area contributed by atoms with Gasteiger partial charge in [-0.2, -0.15) is 0 Å². The predicted octanol–water partition coefficient (Wildman–Crippen LogP) is 1.06. The monoisotopic (exact) mass is 168 g/mol. The third-order valence-electron chi connectivity index (χ3n) is 0.523. The summed E-state index contributed by atoms with van der Waals surface area (Å²) in [5, 5.41) is 7.18. The first kappa shape index (κ1) is 9.03. The van der Waals surface area contributed by atoms with Crippen LogP contribution in [0, 0.1) is 0 Å². The molecule has 1 aliphatic heterocycles. The van der Waals surface area contributed by atoms with E-state index >= 15 is 0 Å². The topological polar surface area (TPSA) is 72.8 Å². The summed E-state index contributed by atoms with van der Waals surface area (Å²) in [6.07, 6.45) is -0.546. The number of cyclic esters (lactones) is 2. The van der Waals surface area contributed by atoms with E-state index in [-0.39, 0.29) is 0 Å². The molecule has 1 rings (SSSR count). The molecule has 58 valence electrons. The fourth-order valence-corrected chi connectivity index (χ4v) is 0.292. The number of carbonyl (C=O) groups is 2. The maximum absolute atomic E-state index is 9.80. The number of ether oxygens (including phenoxy) is 2. The van der Waals surface area contributed by atoms with Crippen LogP contribution in [0.15, 0.2) is 0 Å². The van der Waals surface area contributed by atoms with Crippen LogP contribution in [0.1, 0.15) is 0 Å². The quantitative estimate of drug-likeness (QED) is 0.432. The molecular weight excluding hydrogens is 163 g/mol. The zero-order valence-corrected chi connectivity index (χ0v) is 5.63. The van der Waals surface area contributed by atoms with Gasteiger partial charge in [-0.05, 0) is 0 Å². The number of halogens is 1. The summed E-state index contributed by atoms with van der Waals surface area (Å²) in [4.78, 5) is 18.6. The van der Waals surface area contributed by atoms with Crippen LogP contribution in [0.4, 0.5) is 9.59 Å². The molecule has 0 amide bonds. The Bertz CT molecular complexity index is 122. The zero-order valence-electron chi connectivity index (χ0n) is 4.87. The second-order valence-corrected chi connectivity index (χ2v) is 1.52.